The quantitative estimate of drug-likeness (QED) is 0.474. The largest absolute Gasteiger partial charge is 0.497 e. The maximum absolute atomic E-state index is 12.8. The van der Waals surface area contributed by atoms with Crippen LogP contribution in [0.15, 0.2) is 83.5 Å². The summed E-state index contributed by atoms with van der Waals surface area (Å²) in [5.41, 5.74) is 1.28. The Labute approximate surface area is 178 Å². The van der Waals surface area contributed by atoms with Gasteiger partial charge >= 0.3 is 0 Å². The number of para-hydroxylation sites is 1. The normalized spacial score (nSPS) is 10.5. The van der Waals surface area contributed by atoms with Crippen molar-refractivity contribution >= 4 is 23.2 Å². The molecule has 2 aromatic carbocycles. The maximum Gasteiger partial charge on any atom is 0.291 e. The maximum atomic E-state index is 12.8. The van der Waals surface area contributed by atoms with Gasteiger partial charge in [-0.05, 0) is 42.5 Å². The van der Waals surface area contributed by atoms with Crippen LogP contribution in [0, 0.1) is 0 Å². The predicted octanol–water partition coefficient (Wildman–Crippen LogP) is 4.04. The van der Waals surface area contributed by atoms with Gasteiger partial charge in [-0.2, -0.15) is 5.10 Å². The number of methoxy groups -OCH3 is 1. The number of benzene rings is 2. The predicted molar refractivity (Wildman–Crippen MR) is 115 cm³/mol. The Hall–Kier alpha value is -4.33. The molecule has 2 heterocycles. The van der Waals surface area contributed by atoms with Gasteiger partial charge in [-0.1, -0.05) is 18.2 Å². The van der Waals surface area contributed by atoms with Gasteiger partial charge in [0.15, 0.2) is 5.76 Å². The number of rotatable bonds is 7. The van der Waals surface area contributed by atoms with Gasteiger partial charge in [0.1, 0.15) is 11.5 Å². The van der Waals surface area contributed by atoms with Crippen molar-refractivity contribution in [1.82, 2.24) is 9.78 Å². The number of ether oxygens (including phenoxy) is 1. The highest BCUT2D eigenvalue weighted by Gasteiger charge is 2.17. The first-order chi connectivity index (χ1) is 15.1. The van der Waals surface area contributed by atoms with E-state index in [1.54, 1.807) is 84.8 Å². The minimum Gasteiger partial charge on any atom is -0.497 e. The van der Waals surface area contributed by atoms with Crippen LogP contribution >= 0.6 is 0 Å². The van der Waals surface area contributed by atoms with E-state index in [4.69, 9.17) is 9.15 Å². The third-order valence-corrected chi connectivity index (χ3v) is 4.51. The van der Waals surface area contributed by atoms with Gasteiger partial charge in [0.05, 0.1) is 24.9 Å². The molecule has 0 aliphatic carbocycles. The van der Waals surface area contributed by atoms with Gasteiger partial charge in [-0.3, -0.25) is 14.3 Å². The molecule has 4 rings (SSSR count). The van der Waals surface area contributed by atoms with Crippen molar-refractivity contribution in [2.45, 2.75) is 6.54 Å². The van der Waals surface area contributed by atoms with E-state index in [0.29, 0.717) is 35.0 Å². The fourth-order valence-corrected chi connectivity index (χ4v) is 3.01. The number of hydrogen-bond donors (Lipinski definition) is 2. The smallest absolute Gasteiger partial charge is 0.291 e. The average Bonchev–Trinajstić information content (AvgIpc) is 3.47. The first-order valence-corrected chi connectivity index (χ1v) is 9.54. The Morgan fingerprint density at radius 2 is 1.87 bits per heavy atom. The van der Waals surface area contributed by atoms with Crippen LogP contribution in [0.1, 0.15) is 26.7 Å². The second-order valence-corrected chi connectivity index (χ2v) is 6.66. The number of amides is 2. The fourth-order valence-electron chi connectivity index (χ4n) is 3.01. The summed E-state index contributed by atoms with van der Waals surface area (Å²) in [5, 5.41) is 9.67. The number of anilines is 2. The van der Waals surface area contributed by atoms with E-state index in [2.05, 4.69) is 15.7 Å². The number of carbonyl (C=O) groups is 2. The van der Waals surface area contributed by atoms with Crippen molar-refractivity contribution in [3.8, 4) is 5.75 Å². The molecule has 2 N–H and O–H groups in total. The van der Waals surface area contributed by atoms with E-state index in [9.17, 15) is 9.59 Å². The van der Waals surface area contributed by atoms with Crippen LogP contribution < -0.4 is 15.4 Å². The summed E-state index contributed by atoms with van der Waals surface area (Å²) in [6.45, 7) is 0.416. The molecule has 0 unspecified atom stereocenters. The van der Waals surface area contributed by atoms with Crippen LogP contribution in [-0.2, 0) is 6.54 Å². The minimum absolute atomic E-state index is 0.144. The van der Waals surface area contributed by atoms with Crippen LogP contribution in [0.3, 0.4) is 0 Å². The van der Waals surface area contributed by atoms with E-state index in [0.717, 1.165) is 0 Å². The lowest BCUT2D eigenvalue weighted by molar-refractivity contribution is 0.0994. The highest BCUT2D eigenvalue weighted by molar-refractivity contribution is 6.12. The van der Waals surface area contributed by atoms with Crippen LogP contribution in [0.5, 0.6) is 5.75 Å². The van der Waals surface area contributed by atoms with Crippen molar-refractivity contribution in [2.24, 2.45) is 0 Å². The highest BCUT2D eigenvalue weighted by Crippen LogP contribution is 2.21. The molecule has 31 heavy (non-hydrogen) atoms. The Kier molecular flexibility index (Phi) is 5.79. The van der Waals surface area contributed by atoms with Crippen LogP contribution in [0.2, 0.25) is 0 Å². The van der Waals surface area contributed by atoms with Crippen molar-refractivity contribution < 1.29 is 18.7 Å². The zero-order valence-electron chi connectivity index (χ0n) is 16.7. The molecule has 156 valence electrons. The van der Waals surface area contributed by atoms with E-state index >= 15 is 0 Å². The zero-order valence-corrected chi connectivity index (χ0v) is 16.7. The molecule has 0 saturated carbocycles. The van der Waals surface area contributed by atoms with Crippen molar-refractivity contribution in [3.05, 3.63) is 96.2 Å². The van der Waals surface area contributed by atoms with Gasteiger partial charge in [-0.15, -0.1) is 0 Å². The summed E-state index contributed by atoms with van der Waals surface area (Å²) < 4.78 is 12.5. The van der Waals surface area contributed by atoms with Gasteiger partial charge in [0.25, 0.3) is 11.8 Å². The van der Waals surface area contributed by atoms with Gasteiger partial charge in [-0.25, -0.2) is 0 Å². The average molecular weight is 416 g/mol. The third kappa shape index (κ3) is 4.81. The van der Waals surface area contributed by atoms with Gasteiger partial charge in [0, 0.05) is 24.1 Å². The molecule has 4 aromatic rings. The van der Waals surface area contributed by atoms with Crippen molar-refractivity contribution in [2.75, 3.05) is 17.7 Å². The number of nitrogens with zero attached hydrogens (tertiary/aromatic N) is 2. The summed E-state index contributed by atoms with van der Waals surface area (Å²) in [4.78, 5) is 25.5. The number of nitrogens with one attached hydrogen (secondary N) is 2. The fraction of sp³-hybridized carbons (Fsp3) is 0.0870. The lowest BCUT2D eigenvalue weighted by atomic mass is 10.1. The van der Waals surface area contributed by atoms with E-state index in [1.807, 2.05) is 6.07 Å². The lowest BCUT2D eigenvalue weighted by Gasteiger charge is -2.11. The molecule has 0 bridgehead atoms. The number of carbonyl (C=O) groups excluding carboxylic acids is 2. The lowest BCUT2D eigenvalue weighted by Crippen LogP contribution is -2.18. The summed E-state index contributed by atoms with van der Waals surface area (Å²) in [7, 11) is 1.56. The molecule has 8 heteroatoms. The zero-order chi connectivity index (χ0) is 21.6. The molecule has 0 saturated heterocycles. The van der Waals surface area contributed by atoms with Crippen molar-refractivity contribution in [1.29, 1.82) is 0 Å². The van der Waals surface area contributed by atoms with Gasteiger partial charge in [0.2, 0.25) is 0 Å². The standard InChI is InChI=1S/C23H20N4O4/c1-30-17-7-4-6-16(14-17)25-22(28)19-8-2-3-9-20(19)26-23(29)21-11-10-18(31-21)15-27-13-5-12-24-27/h2-14H,15H2,1H3,(H,25,28)(H,26,29). The third-order valence-electron chi connectivity index (χ3n) is 4.51. The Morgan fingerprint density at radius 3 is 2.68 bits per heavy atom. The van der Waals surface area contributed by atoms with Crippen LogP contribution in [-0.4, -0.2) is 28.7 Å². The summed E-state index contributed by atoms with van der Waals surface area (Å²) >= 11 is 0. The number of furan rings is 1. The van der Waals surface area contributed by atoms with Gasteiger partial charge < -0.3 is 19.8 Å². The van der Waals surface area contributed by atoms with E-state index < -0.39 is 5.91 Å². The molecular weight excluding hydrogens is 396 g/mol. The number of hydrogen-bond acceptors (Lipinski definition) is 5. The molecule has 0 radical (unpaired) electrons. The molecule has 0 spiro atoms. The molecule has 8 nitrogen and oxygen atoms in total. The molecular formula is C23H20N4O4. The molecule has 0 aliphatic heterocycles. The Balaban J connectivity index is 1.47. The summed E-state index contributed by atoms with van der Waals surface area (Å²) in [6, 6.07) is 18.9. The van der Waals surface area contributed by atoms with Crippen molar-refractivity contribution in [3.63, 3.8) is 0 Å². The molecule has 2 amide bonds. The minimum atomic E-state index is -0.451. The second-order valence-electron chi connectivity index (χ2n) is 6.66. The topological polar surface area (TPSA) is 98.4 Å². The first kappa shape index (κ1) is 20.0. The SMILES string of the molecule is COc1cccc(NC(=O)c2ccccc2NC(=O)c2ccc(Cn3cccn3)o2)c1. The van der Waals surface area contributed by atoms with Crippen LogP contribution in [0.25, 0.3) is 0 Å². The molecule has 0 aliphatic rings. The Morgan fingerprint density at radius 1 is 1.00 bits per heavy atom. The molecule has 0 atom stereocenters. The summed E-state index contributed by atoms with van der Waals surface area (Å²) in [6.07, 6.45) is 3.48. The second kappa shape index (κ2) is 9.00. The number of aromatic nitrogens is 2. The van der Waals surface area contributed by atoms with Crippen LogP contribution in [0.4, 0.5) is 11.4 Å². The van der Waals surface area contributed by atoms with E-state index in [1.165, 1.54) is 0 Å². The monoisotopic (exact) mass is 416 g/mol. The van der Waals surface area contributed by atoms with E-state index in [-0.39, 0.29) is 11.7 Å². The highest BCUT2D eigenvalue weighted by atomic mass is 16.5. The molecule has 2 aromatic heterocycles. The molecule has 0 fully saturated rings. The first-order valence-electron chi connectivity index (χ1n) is 9.54. The summed E-state index contributed by atoms with van der Waals surface area (Å²) in [5.74, 6) is 0.558. The Bertz CT molecular complexity index is 1200.